The second-order valence-electron chi connectivity index (χ2n) is 9.15. The van der Waals surface area contributed by atoms with Gasteiger partial charge in [-0.2, -0.15) is 0 Å². The van der Waals surface area contributed by atoms with Gasteiger partial charge in [-0.25, -0.2) is 4.98 Å². The fourth-order valence-corrected chi connectivity index (χ4v) is 5.28. The number of nitrogens with one attached hydrogen (secondary N) is 1. The molecule has 1 aliphatic heterocycles. The zero-order valence-corrected chi connectivity index (χ0v) is 21.1. The monoisotopic (exact) mass is 495 g/mol. The number of thiazole rings is 1. The number of nitrogens with zero attached hydrogens (tertiary/aromatic N) is 2. The van der Waals surface area contributed by atoms with Gasteiger partial charge in [0.05, 0.1) is 11.6 Å². The molecule has 1 atom stereocenters. The molecule has 0 aliphatic carbocycles. The van der Waals surface area contributed by atoms with Crippen LogP contribution in [0.3, 0.4) is 0 Å². The molecule has 0 spiro atoms. The second-order valence-corrected chi connectivity index (χ2v) is 10.0. The summed E-state index contributed by atoms with van der Waals surface area (Å²) in [6.45, 7) is 2.58. The van der Waals surface area contributed by atoms with Crippen LogP contribution in [-0.4, -0.2) is 23.3 Å². The third-order valence-corrected chi connectivity index (χ3v) is 7.43. The second kappa shape index (κ2) is 10.9. The van der Waals surface area contributed by atoms with Gasteiger partial charge >= 0.3 is 0 Å². The molecule has 0 radical (unpaired) electrons. The molecular weight excluding hydrogens is 466 g/mol. The molecule has 1 aromatic heterocycles. The minimum absolute atomic E-state index is 0.00967. The van der Waals surface area contributed by atoms with Gasteiger partial charge < -0.3 is 10.2 Å². The maximum atomic E-state index is 12.9. The number of benzene rings is 3. The quantitative estimate of drug-likeness (QED) is 0.292. The lowest BCUT2D eigenvalue weighted by Gasteiger charge is -2.17. The van der Waals surface area contributed by atoms with Crippen molar-refractivity contribution in [1.82, 2.24) is 4.98 Å². The molecule has 0 saturated carbocycles. The Morgan fingerprint density at radius 3 is 2.47 bits per heavy atom. The average molecular weight is 496 g/mol. The van der Waals surface area contributed by atoms with Crippen LogP contribution in [0.15, 0.2) is 84.2 Å². The van der Waals surface area contributed by atoms with E-state index in [1.807, 2.05) is 60.0 Å². The number of aromatic nitrogens is 1. The standard InChI is InChI=1S/C30H29N3O2S/c1-2-3-7-21-10-16-26(17-11-21)33-19-24(18-28(33)34)29(35)31-25-14-12-22(13-15-25)27-20-36-30(32-27)23-8-5-4-6-9-23/h4-6,8-17,20,24H,2-3,7,18-19H2,1H3,(H,31,35). The summed E-state index contributed by atoms with van der Waals surface area (Å²) in [5, 5.41) is 6.01. The molecule has 5 rings (SSSR count). The van der Waals surface area contributed by atoms with E-state index in [0.717, 1.165) is 46.8 Å². The van der Waals surface area contributed by atoms with Gasteiger partial charge in [0, 0.05) is 40.8 Å². The van der Waals surface area contributed by atoms with Gasteiger partial charge in [0.15, 0.2) is 0 Å². The summed E-state index contributed by atoms with van der Waals surface area (Å²) in [6, 6.07) is 26.0. The van der Waals surface area contributed by atoms with E-state index in [-0.39, 0.29) is 24.2 Å². The van der Waals surface area contributed by atoms with Crippen LogP contribution in [0, 0.1) is 5.92 Å². The highest BCUT2D eigenvalue weighted by Gasteiger charge is 2.35. The number of hydrogen-bond acceptors (Lipinski definition) is 4. The number of rotatable bonds is 8. The summed E-state index contributed by atoms with van der Waals surface area (Å²) in [5.41, 5.74) is 5.86. The van der Waals surface area contributed by atoms with Crippen molar-refractivity contribution in [3.8, 4) is 21.8 Å². The van der Waals surface area contributed by atoms with Gasteiger partial charge in [-0.05, 0) is 42.7 Å². The number of amides is 2. The first-order valence-electron chi connectivity index (χ1n) is 12.4. The lowest BCUT2D eigenvalue weighted by atomic mass is 10.1. The fraction of sp³-hybridized carbons (Fsp3) is 0.233. The Morgan fingerprint density at radius 2 is 1.75 bits per heavy atom. The van der Waals surface area contributed by atoms with E-state index in [0.29, 0.717) is 12.2 Å². The van der Waals surface area contributed by atoms with Crippen LogP contribution in [0.5, 0.6) is 0 Å². The summed E-state index contributed by atoms with van der Waals surface area (Å²) in [4.78, 5) is 32.1. The Morgan fingerprint density at radius 1 is 1.00 bits per heavy atom. The maximum absolute atomic E-state index is 12.9. The van der Waals surface area contributed by atoms with E-state index in [4.69, 9.17) is 4.98 Å². The van der Waals surface area contributed by atoms with E-state index >= 15 is 0 Å². The molecule has 2 amide bonds. The van der Waals surface area contributed by atoms with E-state index in [1.54, 1.807) is 16.2 Å². The van der Waals surface area contributed by atoms with Crippen molar-refractivity contribution < 1.29 is 9.59 Å². The van der Waals surface area contributed by atoms with E-state index in [1.165, 1.54) is 5.56 Å². The molecule has 1 unspecified atom stereocenters. The van der Waals surface area contributed by atoms with Crippen LogP contribution in [0.2, 0.25) is 0 Å². The van der Waals surface area contributed by atoms with Crippen LogP contribution in [0.4, 0.5) is 11.4 Å². The Balaban J connectivity index is 1.20. The molecule has 4 aromatic rings. The van der Waals surface area contributed by atoms with E-state index in [2.05, 4.69) is 36.5 Å². The Hall–Kier alpha value is -3.77. The maximum Gasteiger partial charge on any atom is 0.229 e. The van der Waals surface area contributed by atoms with Crippen molar-refractivity contribution in [2.75, 3.05) is 16.8 Å². The van der Waals surface area contributed by atoms with Gasteiger partial charge in [0.2, 0.25) is 11.8 Å². The number of anilines is 2. The number of hydrogen-bond donors (Lipinski definition) is 1. The predicted octanol–water partition coefficient (Wildman–Crippen LogP) is 6.81. The van der Waals surface area contributed by atoms with Crippen molar-refractivity contribution in [3.05, 3.63) is 89.8 Å². The van der Waals surface area contributed by atoms with Crippen molar-refractivity contribution in [2.45, 2.75) is 32.6 Å². The lowest BCUT2D eigenvalue weighted by molar-refractivity contribution is -0.122. The van der Waals surface area contributed by atoms with E-state index < -0.39 is 0 Å². The number of unbranched alkanes of at least 4 members (excludes halogenated alkanes) is 1. The number of aryl methyl sites for hydroxylation is 1. The third kappa shape index (κ3) is 5.39. The zero-order valence-electron chi connectivity index (χ0n) is 20.3. The summed E-state index contributed by atoms with van der Waals surface area (Å²) in [5.74, 6) is -0.508. The Labute approximate surface area is 215 Å². The Bertz CT molecular complexity index is 1330. The molecule has 36 heavy (non-hydrogen) atoms. The highest BCUT2D eigenvalue weighted by molar-refractivity contribution is 7.13. The fourth-order valence-electron chi connectivity index (χ4n) is 4.44. The molecule has 1 fully saturated rings. The van der Waals surface area contributed by atoms with Crippen molar-refractivity contribution in [1.29, 1.82) is 0 Å². The van der Waals surface area contributed by atoms with Crippen LogP contribution in [-0.2, 0) is 16.0 Å². The highest BCUT2D eigenvalue weighted by atomic mass is 32.1. The number of carbonyl (C=O) groups is 2. The molecule has 6 heteroatoms. The minimum atomic E-state index is -0.371. The normalized spacial score (nSPS) is 15.3. The van der Waals surface area contributed by atoms with E-state index in [9.17, 15) is 9.59 Å². The van der Waals surface area contributed by atoms with Crippen LogP contribution < -0.4 is 10.2 Å². The van der Waals surface area contributed by atoms with Gasteiger partial charge in [0.25, 0.3) is 0 Å². The largest absolute Gasteiger partial charge is 0.326 e. The molecule has 0 bridgehead atoms. The van der Waals surface area contributed by atoms with Gasteiger partial charge in [-0.1, -0.05) is 67.9 Å². The lowest BCUT2D eigenvalue weighted by Crippen LogP contribution is -2.28. The predicted molar refractivity (Wildman–Crippen MR) is 147 cm³/mol. The summed E-state index contributed by atoms with van der Waals surface area (Å²) >= 11 is 1.61. The van der Waals surface area contributed by atoms with Gasteiger partial charge in [-0.15, -0.1) is 11.3 Å². The van der Waals surface area contributed by atoms with Gasteiger partial charge in [-0.3, -0.25) is 9.59 Å². The molecule has 5 nitrogen and oxygen atoms in total. The first-order valence-corrected chi connectivity index (χ1v) is 13.3. The summed E-state index contributed by atoms with van der Waals surface area (Å²) in [7, 11) is 0. The molecule has 182 valence electrons. The zero-order chi connectivity index (χ0) is 24.9. The summed E-state index contributed by atoms with van der Waals surface area (Å²) in [6.07, 6.45) is 3.59. The third-order valence-electron chi connectivity index (χ3n) is 6.54. The summed E-state index contributed by atoms with van der Waals surface area (Å²) < 4.78 is 0. The van der Waals surface area contributed by atoms with Crippen LogP contribution >= 0.6 is 11.3 Å². The highest BCUT2D eigenvalue weighted by Crippen LogP contribution is 2.30. The minimum Gasteiger partial charge on any atom is -0.326 e. The van der Waals surface area contributed by atoms with Gasteiger partial charge in [0.1, 0.15) is 5.01 Å². The topological polar surface area (TPSA) is 62.3 Å². The van der Waals surface area contributed by atoms with Crippen LogP contribution in [0.25, 0.3) is 21.8 Å². The smallest absolute Gasteiger partial charge is 0.229 e. The van der Waals surface area contributed by atoms with Crippen molar-refractivity contribution in [3.63, 3.8) is 0 Å². The average Bonchev–Trinajstić information content (AvgIpc) is 3.56. The number of carbonyl (C=O) groups excluding carboxylic acids is 2. The first-order chi connectivity index (χ1) is 17.6. The van der Waals surface area contributed by atoms with Crippen molar-refractivity contribution >= 4 is 34.5 Å². The molecule has 2 heterocycles. The molecule has 1 saturated heterocycles. The molecule has 3 aromatic carbocycles. The van der Waals surface area contributed by atoms with Crippen molar-refractivity contribution in [2.24, 2.45) is 5.92 Å². The Kier molecular flexibility index (Phi) is 7.23. The SMILES string of the molecule is CCCCc1ccc(N2CC(C(=O)Nc3ccc(-c4csc(-c5ccccc5)n4)cc3)CC2=O)cc1. The first kappa shape index (κ1) is 23.9. The van der Waals surface area contributed by atoms with Crippen LogP contribution in [0.1, 0.15) is 31.7 Å². The molecule has 1 aliphatic rings. The molecular formula is C30H29N3O2S. The molecule has 1 N–H and O–H groups in total.